The number of ether oxygens (including phenoxy) is 3. The average molecular weight is 435 g/mol. The number of aromatic nitrogens is 3. The van der Waals surface area contributed by atoms with Gasteiger partial charge in [0.25, 0.3) is 5.91 Å². The smallest absolute Gasteiger partial charge is 0.255 e. The van der Waals surface area contributed by atoms with E-state index in [2.05, 4.69) is 20.3 Å². The number of carbonyl (C=O) groups is 1. The molecule has 0 bridgehead atoms. The SMILES string of the molecule is Cc1[nH]c2c(-c3c(OCC4CC4)ccc4c3OCO4)ncnc2c1C(=O)N[C@H](C)CC=N. The van der Waals surface area contributed by atoms with Gasteiger partial charge >= 0.3 is 0 Å². The maximum atomic E-state index is 13.0. The van der Waals surface area contributed by atoms with Crippen LogP contribution in [0.1, 0.15) is 42.2 Å². The average Bonchev–Trinajstić information content (AvgIpc) is 3.35. The van der Waals surface area contributed by atoms with Crippen molar-refractivity contribution in [1.82, 2.24) is 20.3 Å². The number of hydrogen-bond donors (Lipinski definition) is 3. The van der Waals surface area contributed by atoms with E-state index in [9.17, 15) is 4.79 Å². The second-order valence-corrected chi connectivity index (χ2v) is 8.31. The van der Waals surface area contributed by atoms with E-state index in [1.165, 1.54) is 25.4 Å². The first-order valence-corrected chi connectivity index (χ1v) is 10.8. The summed E-state index contributed by atoms with van der Waals surface area (Å²) in [6.07, 6.45) is 5.56. The van der Waals surface area contributed by atoms with E-state index >= 15 is 0 Å². The Morgan fingerprint density at radius 1 is 1.38 bits per heavy atom. The lowest BCUT2D eigenvalue weighted by Gasteiger charge is -2.14. The maximum absolute atomic E-state index is 13.0. The van der Waals surface area contributed by atoms with Gasteiger partial charge in [0.05, 0.1) is 23.3 Å². The summed E-state index contributed by atoms with van der Waals surface area (Å²) in [5.41, 5.74) is 3.60. The Morgan fingerprint density at radius 2 is 2.22 bits per heavy atom. The molecule has 9 nitrogen and oxygen atoms in total. The Labute approximate surface area is 185 Å². The molecule has 0 unspecified atom stereocenters. The Kier molecular flexibility index (Phi) is 5.16. The van der Waals surface area contributed by atoms with Crippen molar-refractivity contribution in [2.75, 3.05) is 13.4 Å². The van der Waals surface area contributed by atoms with Gasteiger partial charge in [0.15, 0.2) is 11.5 Å². The Bertz CT molecular complexity index is 1200. The van der Waals surface area contributed by atoms with Crippen LogP contribution in [0.2, 0.25) is 0 Å². The molecule has 166 valence electrons. The highest BCUT2D eigenvalue weighted by molar-refractivity contribution is 6.09. The van der Waals surface area contributed by atoms with Crippen LogP contribution in [-0.4, -0.2) is 46.5 Å². The van der Waals surface area contributed by atoms with Crippen molar-refractivity contribution in [2.45, 2.75) is 39.2 Å². The number of hydrogen-bond acceptors (Lipinski definition) is 7. The highest BCUT2D eigenvalue weighted by atomic mass is 16.7. The normalized spacial score (nSPS) is 15.6. The summed E-state index contributed by atoms with van der Waals surface area (Å²) in [5, 5.41) is 10.2. The third-order valence-corrected chi connectivity index (χ3v) is 5.76. The summed E-state index contributed by atoms with van der Waals surface area (Å²) in [4.78, 5) is 25.2. The molecule has 3 aromatic rings. The molecule has 1 amide bonds. The molecule has 3 heterocycles. The predicted octanol–water partition coefficient (Wildman–Crippen LogP) is 3.61. The monoisotopic (exact) mass is 435 g/mol. The number of aromatic amines is 1. The molecule has 0 saturated heterocycles. The third-order valence-electron chi connectivity index (χ3n) is 5.76. The number of H-pyrrole nitrogens is 1. The molecule has 1 saturated carbocycles. The lowest BCUT2D eigenvalue weighted by atomic mass is 10.1. The minimum atomic E-state index is -0.240. The number of fused-ring (bicyclic) bond motifs is 2. The van der Waals surface area contributed by atoms with Crippen LogP contribution < -0.4 is 19.5 Å². The van der Waals surface area contributed by atoms with Crippen molar-refractivity contribution in [2.24, 2.45) is 5.92 Å². The van der Waals surface area contributed by atoms with Crippen molar-refractivity contribution < 1.29 is 19.0 Å². The standard InChI is InChI=1S/C23H25N5O4/c1-12(7-8-24)27-23(29)17-13(2)28-21-19(17)25-10-26-20(21)18-15(30-9-14-3-4-14)5-6-16-22(18)32-11-31-16/h5-6,8,10,12,14,24,28H,3-4,7,9,11H2,1-2H3,(H,27,29)/t12-/m1/s1. The number of amides is 1. The van der Waals surface area contributed by atoms with E-state index in [0.29, 0.717) is 69.7 Å². The van der Waals surface area contributed by atoms with Crippen LogP contribution in [0.3, 0.4) is 0 Å². The van der Waals surface area contributed by atoms with E-state index < -0.39 is 0 Å². The third kappa shape index (κ3) is 3.63. The molecule has 1 aliphatic heterocycles. The lowest BCUT2D eigenvalue weighted by Crippen LogP contribution is -2.33. The van der Waals surface area contributed by atoms with Gasteiger partial charge in [0.2, 0.25) is 6.79 Å². The maximum Gasteiger partial charge on any atom is 0.255 e. The van der Waals surface area contributed by atoms with Crippen LogP contribution in [-0.2, 0) is 0 Å². The molecule has 1 aromatic carbocycles. The fourth-order valence-electron chi connectivity index (χ4n) is 3.91. The molecule has 1 fully saturated rings. The van der Waals surface area contributed by atoms with Crippen LogP contribution in [0.15, 0.2) is 18.5 Å². The molecule has 2 aromatic heterocycles. The zero-order chi connectivity index (χ0) is 22.2. The molecule has 3 N–H and O–H groups in total. The topological polar surface area (TPSA) is 122 Å². The first-order valence-electron chi connectivity index (χ1n) is 10.8. The van der Waals surface area contributed by atoms with E-state index in [4.69, 9.17) is 19.6 Å². The fraction of sp³-hybridized carbons (Fsp3) is 0.391. The Hall–Kier alpha value is -3.62. The number of benzene rings is 1. The molecule has 0 spiro atoms. The van der Waals surface area contributed by atoms with Crippen molar-refractivity contribution in [3.8, 4) is 28.5 Å². The number of rotatable bonds is 8. The van der Waals surface area contributed by atoms with Gasteiger partial charge in [-0.25, -0.2) is 9.97 Å². The second kappa shape index (κ2) is 8.14. The van der Waals surface area contributed by atoms with Crippen molar-refractivity contribution in [3.63, 3.8) is 0 Å². The Balaban J connectivity index is 1.61. The molecule has 9 heteroatoms. The van der Waals surface area contributed by atoms with Gasteiger partial charge in [-0.05, 0) is 51.0 Å². The molecule has 1 atom stereocenters. The molecule has 2 aliphatic rings. The highest BCUT2D eigenvalue weighted by Crippen LogP contribution is 2.48. The van der Waals surface area contributed by atoms with Crippen LogP contribution in [0.25, 0.3) is 22.3 Å². The van der Waals surface area contributed by atoms with Gasteiger partial charge in [-0.15, -0.1) is 0 Å². The van der Waals surface area contributed by atoms with Crippen LogP contribution >= 0.6 is 0 Å². The lowest BCUT2D eigenvalue weighted by molar-refractivity contribution is 0.0942. The number of carbonyl (C=O) groups excluding carboxylic acids is 1. The first kappa shape index (κ1) is 20.3. The van der Waals surface area contributed by atoms with Gasteiger partial charge in [-0.3, -0.25) is 4.79 Å². The molecule has 1 aliphatic carbocycles. The van der Waals surface area contributed by atoms with Crippen LogP contribution in [0.4, 0.5) is 0 Å². The van der Waals surface area contributed by atoms with Gasteiger partial charge in [0.1, 0.15) is 23.3 Å². The number of nitrogens with zero attached hydrogens (tertiary/aromatic N) is 2. The zero-order valence-electron chi connectivity index (χ0n) is 18.0. The predicted molar refractivity (Wildman–Crippen MR) is 119 cm³/mol. The zero-order valence-corrected chi connectivity index (χ0v) is 18.0. The summed E-state index contributed by atoms with van der Waals surface area (Å²) in [5.74, 6) is 2.22. The summed E-state index contributed by atoms with van der Waals surface area (Å²) < 4.78 is 17.5. The number of aryl methyl sites for hydroxylation is 1. The molecule has 32 heavy (non-hydrogen) atoms. The van der Waals surface area contributed by atoms with Gasteiger partial charge in [0, 0.05) is 18.2 Å². The largest absolute Gasteiger partial charge is 0.492 e. The Morgan fingerprint density at radius 3 is 3.00 bits per heavy atom. The minimum Gasteiger partial charge on any atom is -0.492 e. The van der Waals surface area contributed by atoms with E-state index in [1.807, 2.05) is 26.0 Å². The van der Waals surface area contributed by atoms with E-state index in [1.54, 1.807) is 0 Å². The van der Waals surface area contributed by atoms with E-state index in [-0.39, 0.29) is 18.7 Å². The summed E-state index contributed by atoms with van der Waals surface area (Å²) in [6.45, 7) is 4.47. The van der Waals surface area contributed by atoms with Crippen molar-refractivity contribution in [1.29, 1.82) is 5.41 Å². The second-order valence-electron chi connectivity index (χ2n) is 8.31. The van der Waals surface area contributed by atoms with Gasteiger partial charge in [-0.1, -0.05) is 0 Å². The van der Waals surface area contributed by atoms with Crippen molar-refractivity contribution in [3.05, 3.63) is 29.7 Å². The summed E-state index contributed by atoms with van der Waals surface area (Å²) in [6, 6.07) is 3.56. The van der Waals surface area contributed by atoms with E-state index in [0.717, 1.165) is 0 Å². The number of nitrogens with one attached hydrogen (secondary N) is 3. The molecular weight excluding hydrogens is 410 g/mol. The highest BCUT2D eigenvalue weighted by Gasteiger charge is 2.29. The summed E-state index contributed by atoms with van der Waals surface area (Å²) >= 11 is 0. The molecular formula is C23H25N5O4. The molecule has 5 rings (SSSR count). The van der Waals surface area contributed by atoms with Gasteiger partial charge < -0.3 is 29.9 Å². The quantitative estimate of drug-likeness (QED) is 0.465. The van der Waals surface area contributed by atoms with Gasteiger partial charge in [-0.2, -0.15) is 0 Å². The minimum absolute atomic E-state index is 0.130. The van der Waals surface area contributed by atoms with Crippen LogP contribution in [0, 0.1) is 18.3 Å². The molecule has 0 radical (unpaired) electrons. The first-order chi connectivity index (χ1) is 15.6. The summed E-state index contributed by atoms with van der Waals surface area (Å²) in [7, 11) is 0. The fourth-order valence-corrected chi connectivity index (χ4v) is 3.91. The van der Waals surface area contributed by atoms with Crippen LogP contribution in [0.5, 0.6) is 17.2 Å². The van der Waals surface area contributed by atoms with Crippen molar-refractivity contribution >= 4 is 23.2 Å².